The Morgan fingerprint density at radius 2 is 1.92 bits per heavy atom. The Morgan fingerprint density at radius 3 is 2.62 bits per heavy atom. The van der Waals surface area contributed by atoms with Gasteiger partial charge in [0.15, 0.2) is 0 Å². The predicted octanol–water partition coefficient (Wildman–Crippen LogP) is 3.89. The lowest BCUT2D eigenvalue weighted by Gasteiger charge is -2.15. The maximum atomic E-state index is 12.6. The van der Waals surface area contributed by atoms with E-state index in [2.05, 4.69) is 9.71 Å². The van der Waals surface area contributed by atoms with Gasteiger partial charge in [-0.25, -0.2) is 13.4 Å². The van der Waals surface area contributed by atoms with E-state index < -0.39 is 10.0 Å². The quantitative estimate of drug-likeness (QED) is 0.749. The van der Waals surface area contributed by atoms with Gasteiger partial charge >= 0.3 is 0 Å². The van der Waals surface area contributed by atoms with E-state index in [-0.39, 0.29) is 4.90 Å². The first-order valence-corrected chi connectivity index (χ1v) is 9.27. The molecular formula is C17H16ClN3O2S. The average Bonchev–Trinajstić information content (AvgIpc) is 3.05. The Labute approximate surface area is 146 Å². The SMILES string of the molecule is CCc1nccn1-c1cc(Cl)ccc1NS(=O)(=O)c1ccccc1. The molecule has 2 aromatic carbocycles. The van der Waals surface area contributed by atoms with Crippen molar-refractivity contribution in [3.05, 3.63) is 71.8 Å². The van der Waals surface area contributed by atoms with E-state index in [4.69, 9.17) is 11.6 Å². The number of nitrogens with zero attached hydrogens (tertiary/aromatic N) is 2. The van der Waals surface area contributed by atoms with Crippen LogP contribution in [0.4, 0.5) is 5.69 Å². The summed E-state index contributed by atoms with van der Waals surface area (Å²) in [4.78, 5) is 4.48. The minimum absolute atomic E-state index is 0.201. The molecule has 1 aromatic heterocycles. The number of hydrogen-bond acceptors (Lipinski definition) is 3. The minimum Gasteiger partial charge on any atom is -0.302 e. The van der Waals surface area contributed by atoms with Crippen molar-refractivity contribution in [3.8, 4) is 5.69 Å². The molecule has 0 saturated carbocycles. The second kappa shape index (κ2) is 6.67. The first-order valence-electron chi connectivity index (χ1n) is 7.41. The molecule has 0 amide bonds. The summed E-state index contributed by atoms with van der Waals surface area (Å²) in [7, 11) is -3.69. The lowest BCUT2D eigenvalue weighted by atomic mass is 10.2. The first kappa shape index (κ1) is 16.5. The Bertz CT molecular complexity index is 953. The van der Waals surface area contributed by atoms with E-state index in [0.717, 1.165) is 5.82 Å². The number of imidazole rings is 1. The summed E-state index contributed by atoms with van der Waals surface area (Å²) in [5.74, 6) is 0.817. The van der Waals surface area contributed by atoms with E-state index in [1.54, 1.807) is 60.9 Å². The van der Waals surface area contributed by atoms with Crippen LogP contribution in [-0.2, 0) is 16.4 Å². The molecule has 1 N–H and O–H groups in total. The van der Waals surface area contributed by atoms with Gasteiger partial charge in [0.2, 0.25) is 0 Å². The van der Waals surface area contributed by atoms with Crippen LogP contribution in [0.15, 0.2) is 65.8 Å². The summed E-state index contributed by atoms with van der Waals surface area (Å²) >= 11 is 6.11. The summed E-state index contributed by atoms with van der Waals surface area (Å²) in [6.45, 7) is 1.98. The van der Waals surface area contributed by atoms with Crippen molar-refractivity contribution >= 4 is 27.3 Å². The van der Waals surface area contributed by atoms with Crippen molar-refractivity contribution < 1.29 is 8.42 Å². The van der Waals surface area contributed by atoms with Gasteiger partial charge in [0.05, 0.1) is 16.3 Å². The van der Waals surface area contributed by atoms with Gasteiger partial charge in [-0.1, -0.05) is 36.7 Å². The molecule has 3 rings (SSSR count). The molecule has 7 heteroatoms. The molecule has 5 nitrogen and oxygen atoms in total. The maximum absolute atomic E-state index is 12.6. The van der Waals surface area contributed by atoms with Crippen LogP contribution in [0.5, 0.6) is 0 Å². The third-order valence-corrected chi connectivity index (χ3v) is 5.17. The van der Waals surface area contributed by atoms with Gasteiger partial charge in [0.25, 0.3) is 10.0 Å². The van der Waals surface area contributed by atoms with Crippen LogP contribution in [0, 0.1) is 0 Å². The van der Waals surface area contributed by atoms with E-state index in [1.807, 2.05) is 11.5 Å². The zero-order valence-corrected chi connectivity index (χ0v) is 14.6. The second-order valence-electron chi connectivity index (χ2n) is 5.15. The van der Waals surface area contributed by atoms with Crippen molar-refractivity contribution in [1.29, 1.82) is 0 Å². The largest absolute Gasteiger partial charge is 0.302 e. The van der Waals surface area contributed by atoms with Gasteiger partial charge in [-0.3, -0.25) is 4.72 Å². The van der Waals surface area contributed by atoms with Gasteiger partial charge in [-0.2, -0.15) is 0 Å². The third kappa shape index (κ3) is 3.29. The second-order valence-corrected chi connectivity index (χ2v) is 7.27. The molecular weight excluding hydrogens is 346 g/mol. The lowest BCUT2D eigenvalue weighted by molar-refractivity contribution is 0.601. The number of aromatic nitrogens is 2. The molecule has 1 heterocycles. The number of rotatable bonds is 5. The number of benzene rings is 2. The lowest BCUT2D eigenvalue weighted by Crippen LogP contribution is -2.15. The fourth-order valence-electron chi connectivity index (χ4n) is 2.41. The Balaban J connectivity index is 2.07. The van der Waals surface area contributed by atoms with Crippen LogP contribution in [-0.4, -0.2) is 18.0 Å². The van der Waals surface area contributed by atoms with Crippen molar-refractivity contribution in [1.82, 2.24) is 9.55 Å². The van der Waals surface area contributed by atoms with E-state index in [0.29, 0.717) is 22.8 Å². The zero-order valence-electron chi connectivity index (χ0n) is 13.0. The van der Waals surface area contributed by atoms with Gasteiger partial charge in [-0.15, -0.1) is 0 Å². The number of sulfonamides is 1. The van der Waals surface area contributed by atoms with Crippen molar-refractivity contribution in [2.75, 3.05) is 4.72 Å². The van der Waals surface area contributed by atoms with Crippen molar-refractivity contribution in [2.45, 2.75) is 18.2 Å². The van der Waals surface area contributed by atoms with E-state index >= 15 is 0 Å². The molecule has 0 unspecified atom stereocenters. The van der Waals surface area contributed by atoms with Crippen molar-refractivity contribution in [3.63, 3.8) is 0 Å². The predicted molar refractivity (Wildman–Crippen MR) is 95.2 cm³/mol. The topological polar surface area (TPSA) is 64.0 Å². The van der Waals surface area contributed by atoms with Gasteiger partial charge in [0.1, 0.15) is 5.82 Å². The molecule has 0 radical (unpaired) electrons. The molecule has 124 valence electrons. The Hall–Kier alpha value is -2.31. The monoisotopic (exact) mass is 361 g/mol. The highest BCUT2D eigenvalue weighted by molar-refractivity contribution is 7.92. The number of anilines is 1. The van der Waals surface area contributed by atoms with E-state index in [1.165, 1.54) is 0 Å². The van der Waals surface area contributed by atoms with Crippen LogP contribution in [0.3, 0.4) is 0 Å². The number of nitrogens with one attached hydrogen (secondary N) is 1. The fourth-order valence-corrected chi connectivity index (χ4v) is 3.67. The van der Waals surface area contributed by atoms with Gasteiger partial charge in [0, 0.05) is 23.8 Å². The van der Waals surface area contributed by atoms with Crippen LogP contribution < -0.4 is 4.72 Å². The average molecular weight is 362 g/mol. The summed E-state index contributed by atoms with van der Waals surface area (Å²) < 4.78 is 29.7. The van der Waals surface area contributed by atoms with E-state index in [9.17, 15) is 8.42 Å². The van der Waals surface area contributed by atoms with Gasteiger partial charge < -0.3 is 4.57 Å². The number of hydrogen-bond donors (Lipinski definition) is 1. The highest BCUT2D eigenvalue weighted by Crippen LogP contribution is 2.27. The molecule has 0 aliphatic heterocycles. The molecule has 0 spiro atoms. The standard InChI is InChI=1S/C17H16ClN3O2S/c1-2-17-19-10-11-21(17)16-12-13(18)8-9-15(16)20-24(22,23)14-6-4-3-5-7-14/h3-12,20H,2H2,1H3. The zero-order chi connectivity index (χ0) is 17.2. The highest BCUT2D eigenvalue weighted by Gasteiger charge is 2.17. The maximum Gasteiger partial charge on any atom is 0.261 e. The van der Waals surface area contributed by atoms with Crippen molar-refractivity contribution in [2.24, 2.45) is 0 Å². The molecule has 0 bridgehead atoms. The number of halogens is 1. The third-order valence-electron chi connectivity index (χ3n) is 3.55. The Morgan fingerprint density at radius 1 is 1.17 bits per heavy atom. The molecule has 0 fully saturated rings. The summed E-state index contributed by atoms with van der Waals surface area (Å²) in [5.41, 5.74) is 1.08. The fraction of sp³-hybridized carbons (Fsp3) is 0.118. The van der Waals surface area contributed by atoms with Crippen LogP contribution in [0.2, 0.25) is 5.02 Å². The number of aryl methyl sites for hydroxylation is 1. The minimum atomic E-state index is -3.69. The smallest absolute Gasteiger partial charge is 0.261 e. The van der Waals surface area contributed by atoms with Crippen LogP contribution in [0.1, 0.15) is 12.7 Å². The molecule has 0 aliphatic rings. The molecule has 3 aromatic rings. The normalized spacial score (nSPS) is 11.4. The van der Waals surface area contributed by atoms with Gasteiger partial charge in [-0.05, 0) is 30.3 Å². The summed E-state index contributed by atoms with van der Waals surface area (Å²) in [6, 6.07) is 13.2. The Kier molecular flexibility index (Phi) is 4.59. The van der Waals surface area contributed by atoms with Crippen LogP contribution >= 0.6 is 11.6 Å². The molecule has 0 saturated heterocycles. The highest BCUT2D eigenvalue weighted by atomic mass is 35.5. The summed E-state index contributed by atoms with van der Waals surface area (Å²) in [6.07, 6.45) is 4.17. The molecule has 24 heavy (non-hydrogen) atoms. The molecule has 0 aliphatic carbocycles. The van der Waals surface area contributed by atoms with Crippen LogP contribution in [0.25, 0.3) is 5.69 Å². The molecule has 0 atom stereocenters. The first-order chi connectivity index (χ1) is 11.5. The summed E-state index contributed by atoms with van der Waals surface area (Å²) in [5, 5.41) is 0.517.